The maximum atomic E-state index is 4.78. The van der Waals surface area contributed by atoms with Gasteiger partial charge in [0.25, 0.3) is 0 Å². The highest BCUT2D eigenvalue weighted by molar-refractivity contribution is 5.76. The van der Waals surface area contributed by atoms with Crippen molar-refractivity contribution in [1.29, 1.82) is 0 Å². The van der Waals surface area contributed by atoms with Gasteiger partial charge in [-0.3, -0.25) is 4.90 Å². The van der Waals surface area contributed by atoms with E-state index in [0.717, 1.165) is 50.6 Å². The highest BCUT2D eigenvalue weighted by atomic mass is 15.2. The SMILES string of the molecule is c1cc2nc(C3CCCCN3)[nH]c2cc1CN1CCNCC1. The van der Waals surface area contributed by atoms with E-state index in [9.17, 15) is 0 Å². The molecule has 5 nitrogen and oxygen atoms in total. The van der Waals surface area contributed by atoms with Crippen molar-refractivity contribution < 1.29 is 0 Å². The van der Waals surface area contributed by atoms with Crippen LogP contribution in [0.4, 0.5) is 0 Å². The van der Waals surface area contributed by atoms with Gasteiger partial charge < -0.3 is 15.6 Å². The summed E-state index contributed by atoms with van der Waals surface area (Å²) in [6.45, 7) is 6.62. The van der Waals surface area contributed by atoms with Gasteiger partial charge in [0.1, 0.15) is 5.82 Å². The predicted octanol–water partition coefficient (Wildman–Crippen LogP) is 1.78. The van der Waals surface area contributed by atoms with Gasteiger partial charge >= 0.3 is 0 Å². The van der Waals surface area contributed by atoms with E-state index in [0.29, 0.717) is 6.04 Å². The molecule has 4 rings (SSSR count). The number of nitrogens with one attached hydrogen (secondary N) is 3. The van der Waals surface area contributed by atoms with E-state index in [2.05, 4.69) is 38.7 Å². The van der Waals surface area contributed by atoms with Gasteiger partial charge in [0.15, 0.2) is 0 Å². The molecule has 22 heavy (non-hydrogen) atoms. The first-order valence-corrected chi connectivity index (χ1v) is 8.53. The fraction of sp³-hybridized carbons (Fsp3) is 0.588. The third-order valence-electron chi connectivity index (χ3n) is 4.82. The van der Waals surface area contributed by atoms with Crippen molar-refractivity contribution in [2.45, 2.75) is 31.8 Å². The van der Waals surface area contributed by atoms with Crippen LogP contribution in [0.25, 0.3) is 11.0 Å². The van der Waals surface area contributed by atoms with Crippen LogP contribution in [-0.2, 0) is 6.54 Å². The number of H-pyrrole nitrogens is 1. The smallest absolute Gasteiger partial charge is 0.124 e. The quantitative estimate of drug-likeness (QED) is 0.809. The van der Waals surface area contributed by atoms with Crippen molar-refractivity contribution in [1.82, 2.24) is 25.5 Å². The number of fused-ring (bicyclic) bond motifs is 1. The van der Waals surface area contributed by atoms with Crippen LogP contribution < -0.4 is 10.6 Å². The third-order valence-corrected chi connectivity index (χ3v) is 4.82. The maximum Gasteiger partial charge on any atom is 0.124 e. The standard InChI is InChI=1S/C17H25N5/c1-2-6-19-15(3-1)17-20-14-5-4-13(11-16(14)21-17)12-22-9-7-18-8-10-22/h4-5,11,15,18-19H,1-3,6-10,12H2,(H,20,21). The van der Waals surface area contributed by atoms with Crippen LogP contribution in [0.5, 0.6) is 0 Å². The van der Waals surface area contributed by atoms with Crippen molar-refractivity contribution in [2.24, 2.45) is 0 Å². The number of hydrogen-bond donors (Lipinski definition) is 3. The second kappa shape index (κ2) is 6.36. The van der Waals surface area contributed by atoms with Crippen molar-refractivity contribution in [3.63, 3.8) is 0 Å². The van der Waals surface area contributed by atoms with Gasteiger partial charge in [-0.05, 0) is 37.1 Å². The Morgan fingerprint density at radius 2 is 2.05 bits per heavy atom. The predicted molar refractivity (Wildman–Crippen MR) is 88.8 cm³/mol. The summed E-state index contributed by atoms with van der Waals surface area (Å²) in [6, 6.07) is 7.06. The summed E-state index contributed by atoms with van der Waals surface area (Å²) in [5.74, 6) is 1.11. The van der Waals surface area contributed by atoms with Gasteiger partial charge in [-0.2, -0.15) is 0 Å². The minimum atomic E-state index is 0.401. The third kappa shape index (κ3) is 3.02. The van der Waals surface area contributed by atoms with Crippen LogP contribution in [0, 0.1) is 0 Å². The van der Waals surface area contributed by atoms with Gasteiger partial charge in [-0.15, -0.1) is 0 Å². The van der Waals surface area contributed by atoms with Crippen molar-refractivity contribution in [2.75, 3.05) is 32.7 Å². The first-order chi connectivity index (χ1) is 10.9. The van der Waals surface area contributed by atoms with E-state index in [-0.39, 0.29) is 0 Å². The lowest BCUT2D eigenvalue weighted by atomic mass is 10.0. The molecule has 1 unspecified atom stereocenters. The largest absolute Gasteiger partial charge is 0.341 e. The Morgan fingerprint density at radius 3 is 2.86 bits per heavy atom. The molecule has 0 saturated carbocycles. The average molecular weight is 299 g/mol. The first kappa shape index (κ1) is 14.2. The second-order valence-electron chi connectivity index (χ2n) is 6.50. The van der Waals surface area contributed by atoms with Crippen molar-refractivity contribution in [3.05, 3.63) is 29.6 Å². The molecular formula is C17H25N5. The Hall–Kier alpha value is -1.43. The summed E-state index contributed by atoms with van der Waals surface area (Å²) in [4.78, 5) is 10.8. The van der Waals surface area contributed by atoms with Crippen LogP contribution in [0.3, 0.4) is 0 Å². The number of benzene rings is 1. The maximum absolute atomic E-state index is 4.78. The zero-order valence-corrected chi connectivity index (χ0v) is 13.1. The molecular weight excluding hydrogens is 274 g/mol. The zero-order valence-electron chi connectivity index (χ0n) is 13.1. The van der Waals surface area contributed by atoms with Crippen molar-refractivity contribution in [3.8, 4) is 0 Å². The van der Waals surface area contributed by atoms with Crippen LogP contribution in [0.1, 0.15) is 36.7 Å². The number of aromatic nitrogens is 2. The molecule has 0 spiro atoms. The summed E-state index contributed by atoms with van der Waals surface area (Å²) in [5.41, 5.74) is 3.64. The van der Waals surface area contributed by atoms with Gasteiger partial charge in [0.2, 0.25) is 0 Å². The Balaban J connectivity index is 1.52. The highest BCUT2D eigenvalue weighted by Gasteiger charge is 2.18. The summed E-state index contributed by atoms with van der Waals surface area (Å²) in [6.07, 6.45) is 3.77. The van der Waals surface area contributed by atoms with E-state index in [1.165, 1.54) is 30.3 Å². The minimum absolute atomic E-state index is 0.401. The molecule has 1 aromatic heterocycles. The monoisotopic (exact) mass is 299 g/mol. The van der Waals surface area contributed by atoms with Crippen LogP contribution >= 0.6 is 0 Å². The lowest BCUT2D eigenvalue weighted by Gasteiger charge is -2.27. The van der Waals surface area contributed by atoms with Crippen LogP contribution in [0.15, 0.2) is 18.2 Å². The lowest BCUT2D eigenvalue weighted by molar-refractivity contribution is 0.233. The summed E-state index contributed by atoms with van der Waals surface area (Å²) >= 11 is 0. The molecule has 2 fully saturated rings. The number of nitrogens with zero attached hydrogens (tertiary/aromatic N) is 2. The molecule has 5 heteroatoms. The van der Waals surface area contributed by atoms with Gasteiger partial charge in [-0.1, -0.05) is 12.5 Å². The molecule has 2 saturated heterocycles. The molecule has 0 radical (unpaired) electrons. The molecule has 3 heterocycles. The second-order valence-corrected chi connectivity index (χ2v) is 6.50. The van der Waals surface area contributed by atoms with Gasteiger partial charge in [0, 0.05) is 32.7 Å². The van der Waals surface area contributed by atoms with E-state index in [4.69, 9.17) is 4.98 Å². The molecule has 0 aliphatic carbocycles. The molecule has 2 aliphatic heterocycles. The lowest BCUT2D eigenvalue weighted by Crippen LogP contribution is -2.42. The normalized spacial score (nSPS) is 23.9. The Kier molecular flexibility index (Phi) is 4.10. The number of piperidine rings is 1. The molecule has 0 amide bonds. The topological polar surface area (TPSA) is 56.0 Å². The van der Waals surface area contributed by atoms with Crippen LogP contribution in [-0.4, -0.2) is 47.6 Å². The molecule has 118 valence electrons. The van der Waals surface area contributed by atoms with E-state index in [1.807, 2.05) is 0 Å². The number of rotatable bonds is 3. The fourth-order valence-electron chi connectivity index (χ4n) is 3.55. The summed E-state index contributed by atoms with van der Waals surface area (Å²) < 4.78 is 0. The van der Waals surface area contributed by atoms with Crippen molar-refractivity contribution >= 4 is 11.0 Å². The Bertz CT molecular complexity index is 623. The highest BCUT2D eigenvalue weighted by Crippen LogP contribution is 2.23. The molecule has 3 N–H and O–H groups in total. The fourth-order valence-corrected chi connectivity index (χ4v) is 3.55. The zero-order chi connectivity index (χ0) is 14.8. The van der Waals surface area contributed by atoms with E-state index in [1.54, 1.807) is 0 Å². The Morgan fingerprint density at radius 1 is 1.14 bits per heavy atom. The van der Waals surface area contributed by atoms with Gasteiger partial charge in [-0.25, -0.2) is 4.98 Å². The summed E-state index contributed by atoms with van der Waals surface area (Å²) in [5, 5.41) is 6.97. The number of imidazole rings is 1. The molecule has 2 aromatic rings. The Labute approximate surface area is 131 Å². The average Bonchev–Trinajstić information content (AvgIpc) is 3.00. The van der Waals surface area contributed by atoms with Gasteiger partial charge in [0.05, 0.1) is 17.1 Å². The number of hydrogen-bond acceptors (Lipinski definition) is 4. The first-order valence-electron chi connectivity index (χ1n) is 8.53. The van der Waals surface area contributed by atoms with E-state index >= 15 is 0 Å². The van der Waals surface area contributed by atoms with E-state index < -0.39 is 0 Å². The molecule has 2 aliphatic rings. The summed E-state index contributed by atoms with van der Waals surface area (Å²) in [7, 11) is 0. The minimum Gasteiger partial charge on any atom is -0.341 e. The van der Waals surface area contributed by atoms with Crippen LogP contribution in [0.2, 0.25) is 0 Å². The number of piperazine rings is 1. The molecule has 0 bridgehead atoms. The number of aromatic amines is 1. The molecule has 1 atom stereocenters. The molecule has 1 aromatic carbocycles.